The summed E-state index contributed by atoms with van der Waals surface area (Å²) < 4.78 is 5.23. The van der Waals surface area contributed by atoms with Crippen LogP contribution in [0.5, 0.6) is 0 Å². The van der Waals surface area contributed by atoms with E-state index in [1.165, 1.54) is 206 Å². The number of unbranched alkanes of at least 4 members (excludes halogenated alkanes) is 26. The zero-order chi connectivity index (χ0) is 28.8. The summed E-state index contributed by atoms with van der Waals surface area (Å²) in [5, 5.41) is 0. The Morgan fingerprint density at radius 2 is 0.775 bits per heavy atom. The maximum atomic E-state index is 2.62. The van der Waals surface area contributed by atoms with Crippen LogP contribution in [0.3, 0.4) is 0 Å². The maximum Gasteiger partial charge on any atom is 0.256 e. The number of aryl methyl sites for hydroxylation is 2. The Bertz CT molecular complexity index is 619. The summed E-state index contributed by atoms with van der Waals surface area (Å²) in [6, 6.07) is 0. The van der Waals surface area contributed by atoms with Gasteiger partial charge in [-0.2, -0.15) is 0 Å². The molecule has 0 amide bonds. The van der Waals surface area contributed by atoms with E-state index in [9.17, 15) is 0 Å². The summed E-state index contributed by atoms with van der Waals surface area (Å²) in [6.07, 6.45) is 47.4. The first-order valence-electron chi connectivity index (χ1n) is 18.9. The van der Waals surface area contributed by atoms with Gasteiger partial charge in [-0.25, -0.2) is 9.13 Å². The Kier molecular flexibility index (Phi) is 27.6. The van der Waals surface area contributed by atoms with Crippen LogP contribution in [0.2, 0.25) is 0 Å². The van der Waals surface area contributed by atoms with Crippen LogP contribution in [-0.2, 0) is 19.5 Å². The molecule has 0 saturated heterocycles. The van der Waals surface area contributed by atoms with E-state index >= 15 is 0 Å². The van der Waals surface area contributed by atoms with Crippen molar-refractivity contribution in [3.63, 3.8) is 0 Å². The molecule has 1 aromatic heterocycles. The molecule has 1 rings (SSSR count). The summed E-state index contributed by atoms with van der Waals surface area (Å²) in [6.45, 7) is 9.39. The van der Waals surface area contributed by atoms with E-state index < -0.39 is 0 Å². The molecule has 0 atom stereocenters. The van der Waals surface area contributed by atoms with E-state index in [-0.39, 0.29) is 0 Å². The monoisotopic (exact) mass is 560 g/mol. The molecular weight excluding hydrogens is 484 g/mol. The number of nitrogens with zero attached hydrogens (tertiary/aromatic N) is 2. The van der Waals surface area contributed by atoms with Gasteiger partial charge in [-0.3, -0.25) is 0 Å². The van der Waals surface area contributed by atoms with Crippen LogP contribution in [-0.4, -0.2) is 4.57 Å². The van der Waals surface area contributed by atoms with Crippen molar-refractivity contribution < 1.29 is 4.57 Å². The van der Waals surface area contributed by atoms with Crippen molar-refractivity contribution in [1.29, 1.82) is 0 Å². The van der Waals surface area contributed by atoms with Gasteiger partial charge < -0.3 is 0 Å². The molecule has 2 nitrogen and oxygen atoms in total. The second-order valence-electron chi connectivity index (χ2n) is 13.0. The Labute approximate surface area is 253 Å². The zero-order valence-electron chi connectivity index (χ0n) is 28.2. The molecule has 0 bridgehead atoms. The van der Waals surface area contributed by atoms with Crippen molar-refractivity contribution in [3.8, 4) is 0 Å². The lowest BCUT2D eigenvalue weighted by Crippen LogP contribution is -2.37. The number of imidazole rings is 1. The van der Waals surface area contributed by atoms with Crippen LogP contribution >= 0.6 is 0 Å². The summed E-state index contributed by atoms with van der Waals surface area (Å²) in [5.41, 5.74) is 0. The van der Waals surface area contributed by atoms with Crippen LogP contribution in [0.4, 0.5) is 0 Å². The molecule has 0 N–H and O–H groups in total. The third kappa shape index (κ3) is 21.9. The van der Waals surface area contributed by atoms with Gasteiger partial charge in [0.2, 0.25) is 0 Å². The molecule has 1 heterocycles. The summed E-state index contributed by atoms with van der Waals surface area (Å²) in [4.78, 5) is 0. The summed E-state index contributed by atoms with van der Waals surface area (Å²) in [7, 11) is 0. The number of rotatable bonds is 32. The molecule has 0 saturated carbocycles. The summed E-state index contributed by atoms with van der Waals surface area (Å²) >= 11 is 0. The van der Waals surface area contributed by atoms with Crippen molar-refractivity contribution in [2.24, 2.45) is 0 Å². The van der Waals surface area contributed by atoms with Gasteiger partial charge in [0.1, 0.15) is 12.4 Å². The van der Waals surface area contributed by atoms with Crippen molar-refractivity contribution in [2.45, 2.75) is 226 Å². The van der Waals surface area contributed by atoms with Gasteiger partial charge in [-0.1, -0.05) is 175 Å². The molecule has 236 valence electrons. The Balaban J connectivity index is 2.19. The number of hydrogen-bond donors (Lipinski definition) is 0. The van der Waals surface area contributed by atoms with Gasteiger partial charge in [0.05, 0.1) is 13.1 Å². The largest absolute Gasteiger partial charge is 0.256 e. The molecule has 1 aromatic rings. The minimum Gasteiger partial charge on any atom is -0.234 e. The van der Waals surface area contributed by atoms with E-state index in [2.05, 4.69) is 42.3 Å². The van der Waals surface area contributed by atoms with Crippen molar-refractivity contribution in [1.82, 2.24) is 4.57 Å². The average Bonchev–Trinajstić information content (AvgIpc) is 3.35. The van der Waals surface area contributed by atoms with Gasteiger partial charge in [-0.15, -0.1) is 0 Å². The van der Waals surface area contributed by atoms with E-state index in [4.69, 9.17) is 0 Å². The Morgan fingerprint density at radius 1 is 0.425 bits per heavy atom. The first-order valence-corrected chi connectivity index (χ1v) is 18.9. The molecule has 0 fully saturated rings. The van der Waals surface area contributed by atoms with Gasteiger partial charge >= 0.3 is 0 Å². The Morgan fingerprint density at radius 3 is 1.20 bits per heavy atom. The van der Waals surface area contributed by atoms with E-state index in [0.717, 1.165) is 0 Å². The third-order valence-electron chi connectivity index (χ3n) is 9.10. The Hall–Kier alpha value is -0.790. The van der Waals surface area contributed by atoms with Crippen molar-refractivity contribution in [2.75, 3.05) is 0 Å². The highest BCUT2D eigenvalue weighted by atomic mass is 15.1. The molecule has 0 aromatic carbocycles. The molecule has 0 aliphatic heterocycles. The second-order valence-corrected chi connectivity index (χ2v) is 13.0. The van der Waals surface area contributed by atoms with Crippen molar-refractivity contribution in [3.05, 3.63) is 18.2 Å². The zero-order valence-corrected chi connectivity index (χ0v) is 28.2. The molecule has 0 radical (unpaired) electrons. The van der Waals surface area contributed by atoms with Crippen LogP contribution in [0.15, 0.2) is 12.4 Å². The highest BCUT2D eigenvalue weighted by molar-refractivity contribution is 4.84. The maximum absolute atomic E-state index is 2.62. The van der Waals surface area contributed by atoms with Gasteiger partial charge in [0, 0.05) is 6.42 Å². The van der Waals surface area contributed by atoms with Crippen LogP contribution in [0, 0.1) is 0 Å². The van der Waals surface area contributed by atoms with Gasteiger partial charge in [0.25, 0.3) is 5.82 Å². The fraction of sp³-hybridized carbons (Fsp3) is 0.921. The standard InChI is InChI=1S/C38H75N2/c1-4-7-10-13-15-17-19-20-21-22-23-24-26-28-30-33-38-39(34-31-12-9-6-3)36-37-40(38)35-32-29-27-25-18-16-14-11-8-5-2/h36-37H,4-35H2,1-3H3/q+1. The first-order chi connectivity index (χ1) is 19.8. The van der Waals surface area contributed by atoms with Gasteiger partial charge in [-0.05, 0) is 32.1 Å². The quantitative estimate of drug-likeness (QED) is 0.0613. The SMILES string of the molecule is CCCCCCCCCCCCCCCCCc1n(CCCCCC)cc[n+]1CCCCCCCCCCCC. The minimum atomic E-state index is 1.22. The van der Waals surface area contributed by atoms with Gasteiger partial charge in [0.15, 0.2) is 0 Å². The average molecular weight is 560 g/mol. The predicted molar refractivity (Wildman–Crippen MR) is 179 cm³/mol. The topological polar surface area (TPSA) is 8.81 Å². The second kappa shape index (κ2) is 29.7. The van der Waals surface area contributed by atoms with Crippen LogP contribution in [0.25, 0.3) is 0 Å². The normalized spacial score (nSPS) is 11.6. The summed E-state index contributed by atoms with van der Waals surface area (Å²) in [5.74, 6) is 1.61. The molecule has 40 heavy (non-hydrogen) atoms. The fourth-order valence-corrected chi connectivity index (χ4v) is 6.33. The van der Waals surface area contributed by atoms with E-state index in [0.29, 0.717) is 0 Å². The molecule has 0 aliphatic rings. The molecule has 0 unspecified atom stereocenters. The third-order valence-corrected chi connectivity index (χ3v) is 9.10. The lowest BCUT2D eigenvalue weighted by Gasteiger charge is -2.07. The minimum absolute atomic E-state index is 1.22. The molecular formula is C38H75N2+. The molecule has 0 spiro atoms. The first kappa shape index (κ1) is 37.2. The van der Waals surface area contributed by atoms with E-state index in [1.807, 2.05) is 0 Å². The molecule has 0 aliphatic carbocycles. The number of hydrogen-bond acceptors (Lipinski definition) is 0. The lowest BCUT2D eigenvalue weighted by molar-refractivity contribution is -0.704. The smallest absolute Gasteiger partial charge is 0.234 e. The highest BCUT2D eigenvalue weighted by Gasteiger charge is 2.16. The number of aromatic nitrogens is 2. The fourth-order valence-electron chi connectivity index (χ4n) is 6.33. The van der Waals surface area contributed by atoms with Crippen LogP contribution in [0.1, 0.15) is 213 Å². The van der Waals surface area contributed by atoms with Crippen LogP contribution < -0.4 is 4.57 Å². The highest BCUT2D eigenvalue weighted by Crippen LogP contribution is 2.15. The predicted octanol–water partition coefficient (Wildman–Crippen LogP) is 12.7. The lowest BCUT2D eigenvalue weighted by atomic mass is 10.0. The van der Waals surface area contributed by atoms with E-state index in [1.54, 1.807) is 5.82 Å². The van der Waals surface area contributed by atoms with Crippen molar-refractivity contribution >= 4 is 0 Å². The molecule has 2 heteroatoms.